The molecule has 0 heterocycles. The zero-order chi connectivity index (χ0) is 19.1. The normalized spacial score (nSPS) is 12.0. The molecule has 0 aromatic heterocycles. The highest BCUT2D eigenvalue weighted by atomic mass is 16.1. The molecule has 1 atom stereocenters. The number of rotatable bonds is 7. The molecule has 2 N–H and O–H groups in total. The van der Waals surface area contributed by atoms with E-state index in [2.05, 4.69) is 48.7 Å². The van der Waals surface area contributed by atoms with Gasteiger partial charge in [0.05, 0.1) is 0 Å². The van der Waals surface area contributed by atoms with Gasteiger partial charge in [-0.3, -0.25) is 4.79 Å². The van der Waals surface area contributed by atoms with E-state index < -0.39 is 0 Å². The van der Waals surface area contributed by atoms with Crippen LogP contribution in [-0.4, -0.2) is 5.91 Å². The summed E-state index contributed by atoms with van der Waals surface area (Å²) in [4.78, 5) is 12.3. The fraction of sp³-hybridized carbons (Fsp3) is 0.208. The predicted octanol–water partition coefficient (Wildman–Crippen LogP) is 5.43. The Morgan fingerprint density at radius 2 is 1.41 bits per heavy atom. The highest BCUT2D eigenvalue weighted by Crippen LogP contribution is 2.22. The number of amides is 1. The average molecular weight is 358 g/mol. The highest BCUT2D eigenvalue weighted by Gasteiger charge is 2.14. The van der Waals surface area contributed by atoms with Crippen LogP contribution in [0, 0.1) is 5.92 Å². The summed E-state index contributed by atoms with van der Waals surface area (Å²) < 4.78 is 0. The maximum Gasteiger partial charge on any atom is 0.255 e. The fourth-order valence-electron chi connectivity index (χ4n) is 3.13. The Kier molecular flexibility index (Phi) is 6.39. The van der Waals surface area contributed by atoms with Crippen molar-refractivity contribution in [3.8, 4) is 0 Å². The van der Waals surface area contributed by atoms with Crippen molar-refractivity contribution in [3.05, 3.63) is 102 Å². The third-order valence-electron chi connectivity index (χ3n) is 4.60. The molecule has 3 aromatic carbocycles. The quantitative estimate of drug-likeness (QED) is 0.591. The Morgan fingerprint density at radius 1 is 0.815 bits per heavy atom. The summed E-state index contributed by atoms with van der Waals surface area (Å²) in [5.74, 6) is 0.397. The third kappa shape index (κ3) is 5.28. The largest absolute Gasteiger partial charge is 0.322 e. The number of benzene rings is 3. The molecule has 27 heavy (non-hydrogen) atoms. The van der Waals surface area contributed by atoms with Crippen LogP contribution in [0.5, 0.6) is 0 Å². The lowest BCUT2D eigenvalue weighted by molar-refractivity contribution is 0.102. The first-order valence-corrected chi connectivity index (χ1v) is 9.37. The smallest absolute Gasteiger partial charge is 0.255 e. The summed E-state index contributed by atoms with van der Waals surface area (Å²) in [6.45, 7) is 5.21. The minimum atomic E-state index is -0.0925. The molecule has 138 valence electrons. The summed E-state index contributed by atoms with van der Waals surface area (Å²) in [7, 11) is 0. The molecule has 3 heteroatoms. The Balaban J connectivity index is 1.61. The molecule has 0 aliphatic carbocycles. The van der Waals surface area contributed by atoms with E-state index in [0.717, 1.165) is 17.8 Å². The number of hydrogen-bond acceptors (Lipinski definition) is 2. The van der Waals surface area contributed by atoms with E-state index in [-0.39, 0.29) is 5.91 Å². The monoisotopic (exact) mass is 358 g/mol. The predicted molar refractivity (Wildman–Crippen MR) is 112 cm³/mol. The first-order valence-electron chi connectivity index (χ1n) is 9.37. The number of anilines is 1. The number of carbonyl (C=O) groups excluding carboxylic acids is 1. The Hall–Kier alpha value is -2.91. The lowest BCUT2D eigenvalue weighted by Crippen LogP contribution is -2.25. The van der Waals surface area contributed by atoms with Gasteiger partial charge in [-0.25, -0.2) is 0 Å². The van der Waals surface area contributed by atoms with Gasteiger partial charge in [0, 0.05) is 23.8 Å². The number of nitrogens with one attached hydrogen (secondary N) is 2. The molecule has 3 rings (SSSR count). The van der Waals surface area contributed by atoms with Gasteiger partial charge in [-0.15, -0.1) is 0 Å². The zero-order valence-corrected chi connectivity index (χ0v) is 15.9. The summed E-state index contributed by atoms with van der Waals surface area (Å²) in [6.07, 6.45) is 0. The molecule has 0 aliphatic rings. The van der Waals surface area contributed by atoms with Gasteiger partial charge in [-0.05, 0) is 41.3 Å². The second-order valence-electron chi connectivity index (χ2n) is 7.03. The van der Waals surface area contributed by atoms with E-state index in [1.54, 1.807) is 0 Å². The average Bonchev–Trinajstić information content (AvgIpc) is 2.70. The van der Waals surface area contributed by atoms with Crippen LogP contribution in [-0.2, 0) is 6.54 Å². The zero-order valence-electron chi connectivity index (χ0n) is 15.9. The molecule has 0 saturated heterocycles. The Bertz CT molecular complexity index is 843. The fourth-order valence-corrected chi connectivity index (χ4v) is 3.13. The summed E-state index contributed by atoms with van der Waals surface area (Å²) >= 11 is 0. The molecule has 0 unspecified atom stereocenters. The van der Waals surface area contributed by atoms with Gasteiger partial charge < -0.3 is 10.6 Å². The van der Waals surface area contributed by atoms with Gasteiger partial charge in [0.25, 0.3) is 5.91 Å². The van der Waals surface area contributed by atoms with Crippen molar-refractivity contribution in [2.24, 2.45) is 5.92 Å². The van der Waals surface area contributed by atoms with Gasteiger partial charge in [0.1, 0.15) is 0 Å². The van der Waals surface area contributed by atoms with Crippen LogP contribution < -0.4 is 10.6 Å². The van der Waals surface area contributed by atoms with Crippen LogP contribution >= 0.6 is 0 Å². The van der Waals surface area contributed by atoms with E-state index in [0.29, 0.717) is 17.5 Å². The molecule has 3 aromatic rings. The van der Waals surface area contributed by atoms with Gasteiger partial charge >= 0.3 is 0 Å². The van der Waals surface area contributed by atoms with Gasteiger partial charge in [0.15, 0.2) is 0 Å². The first-order chi connectivity index (χ1) is 13.1. The molecule has 3 nitrogen and oxygen atoms in total. The first kappa shape index (κ1) is 18.9. The van der Waals surface area contributed by atoms with Crippen LogP contribution in [0.3, 0.4) is 0 Å². The van der Waals surface area contributed by atoms with Crippen LogP contribution in [0.25, 0.3) is 0 Å². The molecule has 0 fully saturated rings. The van der Waals surface area contributed by atoms with Crippen LogP contribution in [0.2, 0.25) is 0 Å². The Morgan fingerprint density at radius 3 is 2.00 bits per heavy atom. The lowest BCUT2D eigenvalue weighted by atomic mass is 9.96. The number of hydrogen-bond donors (Lipinski definition) is 2. The molecule has 0 bridgehead atoms. The molecular formula is C24H26N2O. The minimum absolute atomic E-state index is 0.0925. The molecule has 0 saturated carbocycles. The summed E-state index contributed by atoms with van der Waals surface area (Å²) in [5.41, 5.74) is 3.92. The number of para-hydroxylation sites is 1. The van der Waals surface area contributed by atoms with E-state index >= 15 is 0 Å². The molecule has 0 spiro atoms. The van der Waals surface area contributed by atoms with Crippen LogP contribution in [0.1, 0.15) is 41.4 Å². The van der Waals surface area contributed by atoms with Crippen molar-refractivity contribution < 1.29 is 4.79 Å². The lowest BCUT2D eigenvalue weighted by Gasteiger charge is -2.23. The van der Waals surface area contributed by atoms with Crippen LogP contribution in [0.15, 0.2) is 84.9 Å². The van der Waals surface area contributed by atoms with E-state index in [4.69, 9.17) is 0 Å². The SMILES string of the molecule is CC(C)[C@@H](NCc1ccc(C(=O)Nc2ccccc2)cc1)c1ccccc1. The summed E-state index contributed by atoms with van der Waals surface area (Å²) in [6, 6.07) is 28.1. The third-order valence-corrected chi connectivity index (χ3v) is 4.60. The van der Waals surface area contributed by atoms with Crippen molar-refractivity contribution in [2.75, 3.05) is 5.32 Å². The molecule has 0 aliphatic heterocycles. The second kappa shape index (κ2) is 9.15. The van der Waals surface area contributed by atoms with Crippen molar-refractivity contribution in [1.82, 2.24) is 5.32 Å². The number of carbonyl (C=O) groups is 1. The van der Waals surface area contributed by atoms with Gasteiger partial charge in [0.2, 0.25) is 0 Å². The van der Waals surface area contributed by atoms with E-state index in [9.17, 15) is 4.79 Å². The summed E-state index contributed by atoms with van der Waals surface area (Å²) in [5, 5.41) is 6.55. The van der Waals surface area contributed by atoms with E-state index in [1.807, 2.05) is 60.7 Å². The molecule has 1 amide bonds. The topological polar surface area (TPSA) is 41.1 Å². The van der Waals surface area contributed by atoms with Gasteiger partial charge in [-0.1, -0.05) is 74.5 Å². The van der Waals surface area contributed by atoms with Gasteiger partial charge in [-0.2, -0.15) is 0 Å². The highest BCUT2D eigenvalue weighted by molar-refractivity contribution is 6.04. The minimum Gasteiger partial charge on any atom is -0.322 e. The maximum absolute atomic E-state index is 12.3. The van der Waals surface area contributed by atoms with Crippen molar-refractivity contribution in [1.29, 1.82) is 0 Å². The molecule has 0 radical (unpaired) electrons. The maximum atomic E-state index is 12.3. The van der Waals surface area contributed by atoms with E-state index in [1.165, 1.54) is 5.56 Å². The molecular weight excluding hydrogens is 332 g/mol. The van der Waals surface area contributed by atoms with Crippen molar-refractivity contribution in [2.45, 2.75) is 26.4 Å². The van der Waals surface area contributed by atoms with Crippen molar-refractivity contribution >= 4 is 11.6 Å². The van der Waals surface area contributed by atoms with Crippen LogP contribution in [0.4, 0.5) is 5.69 Å². The second-order valence-corrected chi connectivity index (χ2v) is 7.03. The standard InChI is InChI=1S/C24H26N2O/c1-18(2)23(20-9-5-3-6-10-20)25-17-19-13-15-21(16-14-19)24(27)26-22-11-7-4-8-12-22/h3-16,18,23,25H,17H2,1-2H3,(H,26,27)/t23-/m1/s1. The Labute approximate surface area is 161 Å². The van der Waals surface area contributed by atoms with Crippen molar-refractivity contribution in [3.63, 3.8) is 0 Å².